The number of nitrogens with zero attached hydrogens (tertiary/aromatic N) is 1. The summed E-state index contributed by atoms with van der Waals surface area (Å²) in [5.74, 6) is 2.06. The van der Waals surface area contributed by atoms with Crippen molar-refractivity contribution >= 4 is 18.4 Å². The van der Waals surface area contributed by atoms with E-state index in [1.54, 1.807) is 12.1 Å². The Morgan fingerprint density at radius 1 is 0.921 bits per heavy atom. The zero-order valence-electron chi connectivity index (χ0n) is 21.4. The molecule has 38 heavy (non-hydrogen) atoms. The fraction of sp³-hybridized carbons (Fsp3) is 0.152. The second kappa shape index (κ2) is 11.1. The van der Waals surface area contributed by atoms with Crippen LogP contribution in [0.2, 0.25) is 0 Å². The number of nitriles is 1. The first-order chi connectivity index (χ1) is 18.6. The predicted molar refractivity (Wildman–Crippen MR) is 149 cm³/mol. The number of ether oxygens (including phenoxy) is 3. The van der Waals surface area contributed by atoms with E-state index in [1.807, 2.05) is 55.5 Å². The molecule has 0 unspecified atom stereocenters. The lowest BCUT2D eigenvalue weighted by molar-refractivity contribution is 0.111. The Morgan fingerprint density at radius 2 is 1.74 bits per heavy atom. The molecule has 0 saturated carbocycles. The Kier molecular flexibility index (Phi) is 7.24. The Balaban J connectivity index is 1.41. The van der Waals surface area contributed by atoms with E-state index in [1.165, 1.54) is 0 Å². The summed E-state index contributed by atoms with van der Waals surface area (Å²) in [5.41, 5.74) is 8.16. The molecule has 0 aliphatic carbocycles. The standard InChI is InChI=1S/C33H27NO4/c1-22-15-24(17-32(30(22)20-35)38-21-26-6-3-5-25(16-26)19-34)9-10-27-7-4-8-29(23(27)2)28-11-12-31-33(18-28)37-14-13-36-31/h3-12,15-18,20H,13-14,21H2,1-2H3/b10-9+. The Morgan fingerprint density at radius 3 is 2.55 bits per heavy atom. The van der Waals surface area contributed by atoms with Crippen LogP contribution in [0.3, 0.4) is 0 Å². The van der Waals surface area contributed by atoms with Crippen LogP contribution in [0.4, 0.5) is 0 Å². The van der Waals surface area contributed by atoms with Crippen molar-refractivity contribution in [2.75, 3.05) is 13.2 Å². The van der Waals surface area contributed by atoms with Gasteiger partial charge in [0.05, 0.1) is 17.2 Å². The molecule has 0 bridgehead atoms. The maximum absolute atomic E-state index is 11.8. The van der Waals surface area contributed by atoms with Crippen LogP contribution < -0.4 is 14.2 Å². The smallest absolute Gasteiger partial charge is 0.161 e. The number of benzene rings is 4. The van der Waals surface area contributed by atoms with Crippen molar-refractivity contribution in [2.45, 2.75) is 20.5 Å². The van der Waals surface area contributed by atoms with E-state index in [9.17, 15) is 4.79 Å². The average molecular weight is 502 g/mol. The summed E-state index contributed by atoms with van der Waals surface area (Å²) in [6.45, 7) is 5.40. The van der Waals surface area contributed by atoms with E-state index in [0.29, 0.717) is 30.1 Å². The molecule has 0 atom stereocenters. The van der Waals surface area contributed by atoms with E-state index in [0.717, 1.165) is 56.7 Å². The molecule has 4 aromatic carbocycles. The van der Waals surface area contributed by atoms with Gasteiger partial charge in [0.2, 0.25) is 0 Å². The van der Waals surface area contributed by atoms with Gasteiger partial charge in [0.15, 0.2) is 17.8 Å². The third-order valence-corrected chi connectivity index (χ3v) is 6.62. The van der Waals surface area contributed by atoms with Crippen molar-refractivity contribution in [1.82, 2.24) is 0 Å². The minimum Gasteiger partial charge on any atom is -0.488 e. The molecular weight excluding hydrogens is 474 g/mol. The van der Waals surface area contributed by atoms with Crippen LogP contribution in [0, 0.1) is 25.2 Å². The first kappa shape index (κ1) is 24.9. The monoisotopic (exact) mass is 501 g/mol. The molecule has 1 heterocycles. The highest BCUT2D eigenvalue weighted by atomic mass is 16.6. The number of fused-ring (bicyclic) bond motifs is 1. The summed E-state index contributed by atoms with van der Waals surface area (Å²) in [4.78, 5) is 11.8. The summed E-state index contributed by atoms with van der Waals surface area (Å²) in [6, 6.07) is 25.5. The summed E-state index contributed by atoms with van der Waals surface area (Å²) in [6.07, 6.45) is 4.93. The van der Waals surface area contributed by atoms with Gasteiger partial charge in [-0.15, -0.1) is 0 Å². The summed E-state index contributed by atoms with van der Waals surface area (Å²) >= 11 is 0. The molecule has 0 fully saturated rings. The van der Waals surface area contributed by atoms with E-state index in [2.05, 4.69) is 37.3 Å². The number of aldehydes is 1. The van der Waals surface area contributed by atoms with Gasteiger partial charge in [0.1, 0.15) is 25.6 Å². The third kappa shape index (κ3) is 5.30. The van der Waals surface area contributed by atoms with Crippen LogP contribution >= 0.6 is 0 Å². The largest absolute Gasteiger partial charge is 0.488 e. The Bertz CT molecular complexity index is 1580. The van der Waals surface area contributed by atoms with Crippen LogP contribution in [-0.2, 0) is 6.61 Å². The lowest BCUT2D eigenvalue weighted by atomic mass is 9.95. The van der Waals surface area contributed by atoms with Crippen molar-refractivity contribution in [3.63, 3.8) is 0 Å². The Labute approximate surface area is 222 Å². The maximum atomic E-state index is 11.8. The molecule has 0 N–H and O–H groups in total. The molecule has 0 amide bonds. The highest BCUT2D eigenvalue weighted by Crippen LogP contribution is 2.36. The Hall–Kier alpha value is -4.82. The first-order valence-corrected chi connectivity index (χ1v) is 12.4. The molecule has 0 saturated heterocycles. The van der Waals surface area contributed by atoms with Crippen molar-refractivity contribution in [3.8, 4) is 34.4 Å². The number of carbonyl (C=O) groups excluding carboxylic acids is 1. The minimum atomic E-state index is 0.264. The number of carbonyl (C=O) groups is 1. The molecule has 0 aromatic heterocycles. The van der Waals surface area contributed by atoms with Crippen molar-refractivity contribution < 1.29 is 19.0 Å². The van der Waals surface area contributed by atoms with Gasteiger partial charge < -0.3 is 14.2 Å². The van der Waals surface area contributed by atoms with Gasteiger partial charge in [0.25, 0.3) is 0 Å². The van der Waals surface area contributed by atoms with Crippen molar-refractivity contribution in [3.05, 3.63) is 112 Å². The van der Waals surface area contributed by atoms with Crippen molar-refractivity contribution in [2.24, 2.45) is 0 Å². The molecule has 5 heteroatoms. The molecule has 0 spiro atoms. The lowest BCUT2D eigenvalue weighted by Crippen LogP contribution is -2.15. The minimum absolute atomic E-state index is 0.264. The number of rotatable bonds is 7. The molecular formula is C33H27NO4. The van der Waals surface area contributed by atoms with Gasteiger partial charge in [-0.2, -0.15) is 5.26 Å². The van der Waals surface area contributed by atoms with Gasteiger partial charge in [-0.05, 0) is 83.1 Å². The van der Waals surface area contributed by atoms with Crippen LogP contribution in [-0.4, -0.2) is 19.5 Å². The topological polar surface area (TPSA) is 68.6 Å². The normalized spacial score (nSPS) is 12.2. The van der Waals surface area contributed by atoms with Crippen LogP contribution in [0.5, 0.6) is 17.2 Å². The third-order valence-electron chi connectivity index (χ3n) is 6.62. The van der Waals surface area contributed by atoms with Crippen LogP contribution in [0.15, 0.2) is 72.8 Å². The second-order valence-electron chi connectivity index (χ2n) is 9.18. The summed E-state index contributed by atoms with van der Waals surface area (Å²) in [7, 11) is 0. The summed E-state index contributed by atoms with van der Waals surface area (Å²) < 4.78 is 17.5. The number of hydrogen-bond acceptors (Lipinski definition) is 5. The molecule has 1 aliphatic heterocycles. The predicted octanol–water partition coefficient (Wildman–Crippen LogP) is 7.18. The lowest BCUT2D eigenvalue weighted by Gasteiger charge is -2.19. The maximum Gasteiger partial charge on any atom is 0.161 e. The fourth-order valence-electron chi connectivity index (χ4n) is 4.59. The van der Waals surface area contributed by atoms with Gasteiger partial charge in [0, 0.05) is 0 Å². The van der Waals surface area contributed by atoms with E-state index in [-0.39, 0.29) is 6.61 Å². The van der Waals surface area contributed by atoms with Gasteiger partial charge >= 0.3 is 0 Å². The first-order valence-electron chi connectivity index (χ1n) is 12.4. The number of hydrogen-bond donors (Lipinski definition) is 0. The second-order valence-corrected chi connectivity index (χ2v) is 9.18. The summed E-state index contributed by atoms with van der Waals surface area (Å²) in [5, 5.41) is 9.15. The molecule has 188 valence electrons. The van der Waals surface area contributed by atoms with Gasteiger partial charge in [-0.1, -0.05) is 54.6 Å². The zero-order valence-corrected chi connectivity index (χ0v) is 21.4. The fourth-order valence-corrected chi connectivity index (χ4v) is 4.59. The highest BCUT2D eigenvalue weighted by molar-refractivity contribution is 5.84. The molecule has 4 aromatic rings. The van der Waals surface area contributed by atoms with Gasteiger partial charge in [-0.25, -0.2) is 0 Å². The average Bonchev–Trinajstić information content (AvgIpc) is 2.95. The van der Waals surface area contributed by atoms with Crippen LogP contribution in [0.1, 0.15) is 43.7 Å². The van der Waals surface area contributed by atoms with E-state index >= 15 is 0 Å². The van der Waals surface area contributed by atoms with Crippen LogP contribution in [0.25, 0.3) is 23.3 Å². The molecule has 5 rings (SSSR count). The molecule has 0 radical (unpaired) electrons. The molecule has 1 aliphatic rings. The zero-order chi connectivity index (χ0) is 26.5. The molecule has 5 nitrogen and oxygen atoms in total. The van der Waals surface area contributed by atoms with Crippen molar-refractivity contribution in [1.29, 1.82) is 5.26 Å². The SMILES string of the molecule is Cc1cc(/C=C/c2cccc(-c3ccc4c(c3)OCCO4)c2C)cc(OCc2cccc(C#N)c2)c1C=O. The van der Waals surface area contributed by atoms with Gasteiger partial charge in [-0.3, -0.25) is 4.79 Å². The van der Waals surface area contributed by atoms with E-state index in [4.69, 9.17) is 19.5 Å². The quantitative estimate of drug-likeness (QED) is 0.198. The number of aryl methyl sites for hydroxylation is 1. The highest BCUT2D eigenvalue weighted by Gasteiger charge is 2.14. The van der Waals surface area contributed by atoms with E-state index < -0.39 is 0 Å².